The maximum atomic E-state index is 11.9. The van der Waals surface area contributed by atoms with Crippen LogP contribution in [0.25, 0.3) is 0 Å². The van der Waals surface area contributed by atoms with Crippen molar-refractivity contribution in [3.8, 4) is 0 Å². The molecule has 2 aliphatic rings. The topological polar surface area (TPSA) is 59.0 Å². The lowest BCUT2D eigenvalue weighted by atomic mass is 9.83. The van der Waals surface area contributed by atoms with Crippen LogP contribution >= 0.6 is 0 Å². The first-order valence-corrected chi connectivity index (χ1v) is 5.73. The van der Waals surface area contributed by atoms with Crippen molar-refractivity contribution in [2.75, 3.05) is 32.9 Å². The summed E-state index contributed by atoms with van der Waals surface area (Å²) in [5.74, 6) is 0.102. The van der Waals surface area contributed by atoms with Crippen LogP contribution in [0.2, 0.25) is 0 Å². The largest absolute Gasteiger partial charge is 0.386 e. The Kier molecular flexibility index (Phi) is 3.19. The number of aliphatic hydroxyl groups is 1. The minimum Gasteiger partial charge on any atom is -0.386 e. The third-order valence-corrected chi connectivity index (χ3v) is 3.41. The van der Waals surface area contributed by atoms with Gasteiger partial charge in [-0.25, -0.2) is 0 Å². The van der Waals surface area contributed by atoms with Crippen LogP contribution in [-0.2, 0) is 14.3 Å². The Morgan fingerprint density at radius 1 is 1.44 bits per heavy atom. The molecule has 0 radical (unpaired) electrons. The highest BCUT2D eigenvalue weighted by Gasteiger charge is 2.47. The average Bonchev–Trinajstić information content (AvgIpc) is 2.25. The Hall–Kier alpha value is -0.650. The standard InChI is InChI=1S/C11H19NO4/c1-8(2)11(14)6-12(7-11)10(13)9-5-15-3-4-16-9/h8-9,14H,3-7H2,1-2H3. The van der Waals surface area contributed by atoms with Crippen molar-refractivity contribution in [1.82, 2.24) is 4.90 Å². The van der Waals surface area contributed by atoms with Gasteiger partial charge in [0.2, 0.25) is 0 Å². The summed E-state index contributed by atoms with van der Waals surface area (Å²) in [5, 5.41) is 10.0. The molecule has 0 bridgehead atoms. The van der Waals surface area contributed by atoms with E-state index in [2.05, 4.69) is 0 Å². The van der Waals surface area contributed by atoms with Crippen molar-refractivity contribution in [2.24, 2.45) is 5.92 Å². The number of hydrogen-bond donors (Lipinski definition) is 1. The molecule has 0 aromatic heterocycles. The average molecular weight is 229 g/mol. The van der Waals surface area contributed by atoms with E-state index < -0.39 is 11.7 Å². The van der Waals surface area contributed by atoms with Gasteiger partial charge in [-0.15, -0.1) is 0 Å². The van der Waals surface area contributed by atoms with E-state index in [1.54, 1.807) is 4.90 Å². The Morgan fingerprint density at radius 2 is 2.12 bits per heavy atom. The minimum atomic E-state index is -0.717. The number of ether oxygens (including phenoxy) is 2. The zero-order valence-electron chi connectivity index (χ0n) is 9.81. The van der Waals surface area contributed by atoms with Gasteiger partial charge in [-0.05, 0) is 5.92 Å². The molecule has 1 amide bonds. The molecule has 1 unspecified atom stereocenters. The van der Waals surface area contributed by atoms with Crippen LogP contribution in [0.4, 0.5) is 0 Å². The van der Waals surface area contributed by atoms with Gasteiger partial charge in [0.05, 0.1) is 32.9 Å². The summed E-state index contributed by atoms with van der Waals surface area (Å²) in [6, 6.07) is 0. The molecule has 2 saturated heterocycles. The number of amides is 1. The van der Waals surface area contributed by atoms with Gasteiger partial charge in [0.15, 0.2) is 6.10 Å². The van der Waals surface area contributed by atoms with Gasteiger partial charge in [0.25, 0.3) is 5.91 Å². The Bertz CT molecular complexity index is 267. The van der Waals surface area contributed by atoms with E-state index in [9.17, 15) is 9.90 Å². The van der Waals surface area contributed by atoms with E-state index in [1.807, 2.05) is 13.8 Å². The molecule has 2 aliphatic heterocycles. The molecule has 0 spiro atoms. The fourth-order valence-corrected chi connectivity index (χ4v) is 1.97. The quantitative estimate of drug-likeness (QED) is 0.702. The lowest BCUT2D eigenvalue weighted by molar-refractivity contribution is -0.183. The summed E-state index contributed by atoms with van der Waals surface area (Å²) >= 11 is 0. The lowest BCUT2D eigenvalue weighted by Gasteiger charge is -2.49. The molecule has 0 aromatic rings. The van der Waals surface area contributed by atoms with Gasteiger partial charge in [-0.3, -0.25) is 4.79 Å². The Labute approximate surface area is 95.3 Å². The van der Waals surface area contributed by atoms with Crippen molar-refractivity contribution in [2.45, 2.75) is 25.6 Å². The molecular formula is C11H19NO4. The molecule has 5 nitrogen and oxygen atoms in total. The first-order chi connectivity index (χ1) is 7.53. The van der Waals surface area contributed by atoms with Crippen LogP contribution in [0.3, 0.4) is 0 Å². The normalized spacial score (nSPS) is 29.0. The second-order valence-electron chi connectivity index (χ2n) is 4.89. The molecule has 2 heterocycles. The first-order valence-electron chi connectivity index (χ1n) is 5.73. The smallest absolute Gasteiger partial charge is 0.254 e. The van der Waals surface area contributed by atoms with Gasteiger partial charge in [0.1, 0.15) is 5.60 Å². The maximum absolute atomic E-state index is 11.9. The highest BCUT2D eigenvalue weighted by molar-refractivity contribution is 5.82. The summed E-state index contributed by atoms with van der Waals surface area (Å²) < 4.78 is 10.5. The predicted octanol–water partition coefficient (Wildman–Crippen LogP) is -0.369. The van der Waals surface area contributed by atoms with Crippen LogP contribution in [0.15, 0.2) is 0 Å². The molecule has 0 aromatic carbocycles. The molecule has 0 saturated carbocycles. The summed E-state index contributed by atoms with van der Waals surface area (Å²) in [7, 11) is 0. The van der Waals surface area contributed by atoms with E-state index in [0.29, 0.717) is 32.9 Å². The second kappa shape index (κ2) is 4.31. The van der Waals surface area contributed by atoms with Crippen LogP contribution in [0.1, 0.15) is 13.8 Å². The fourth-order valence-electron chi connectivity index (χ4n) is 1.97. The molecule has 2 rings (SSSR count). The number of hydrogen-bond acceptors (Lipinski definition) is 4. The third-order valence-electron chi connectivity index (χ3n) is 3.41. The zero-order valence-corrected chi connectivity index (χ0v) is 9.81. The minimum absolute atomic E-state index is 0.0648. The third kappa shape index (κ3) is 2.07. The van der Waals surface area contributed by atoms with Crippen LogP contribution in [-0.4, -0.2) is 60.5 Å². The molecule has 5 heteroatoms. The van der Waals surface area contributed by atoms with Crippen molar-refractivity contribution >= 4 is 5.91 Å². The molecular weight excluding hydrogens is 210 g/mol. The summed E-state index contributed by atoms with van der Waals surface area (Å²) in [6.07, 6.45) is -0.481. The highest BCUT2D eigenvalue weighted by Crippen LogP contribution is 2.29. The SMILES string of the molecule is CC(C)C1(O)CN(C(=O)C2COCCO2)C1. The van der Waals surface area contributed by atoms with Crippen molar-refractivity contribution in [1.29, 1.82) is 0 Å². The van der Waals surface area contributed by atoms with Gasteiger partial charge in [-0.1, -0.05) is 13.8 Å². The van der Waals surface area contributed by atoms with Gasteiger partial charge in [0, 0.05) is 0 Å². The van der Waals surface area contributed by atoms with E-state index in [4.69, 9.17) is 9.47 Å². The molecule has 1 atom stereocenters. The van der Waals surface area contributed by atoms with E-state index in [0.717, 1.165) is 0 Å². The van der Waals surface area contributed by atoms with Crippen molar-refractivity contribution < 1.29 is 19.4 Å². The molecule has 16 heavy (non-hydrogen) atoms. The summed E-state index contributed by atoms with van der Waals surface area (Å²) in [4.78, 5) is 13.5. The number of β-amino-alcohol motifs (C(OH)–C–C–N with tert-alkyl or cyclic N) is 1. The monoisotopic (exact) mass is 229 g/mol. The van der Waals surface area contributed by atoms with E-state index in [-0.39, 0.29) is 11.8 Å². The second-order valence-corrected chi connectivity index (χ2v) is 4.89. The van der Waals surface area contributed by atoms with E-state index in [1.165, 1.54) is 0 Å². The van der Waals surface area contributed by atoms with Crippen molar-refractivity contribution in [3.05, 3.63) is 0 Å². The summed E-state index contributed by atoms with van der Waals surface area (Å²) in [6.45, 7) is 6.09. The molecule has 2 fully saturated rings. The van der Waals surface area contributed by atoms with Gasteiger partial charge >= 0.3 is 0 Å². The maximum Gasteiger partial charge on any atom is 0.254 e. The molecule has 92 valence electrons. The number of carbonyl (C=O) groups excluding carboxylic acids is 1. The Morgan fingerprint density at radius 3 is 2.62 bits per heavy atom. The highest BCUT2D eigenvalue weighted by atomic mass is 16.6. The number of likely N-dealkylation sites (tertiary alicyclic amines) is 1. The van der Waals surface area contributed by atoms with Crippen LogP contribution in [0, 0.1) is 5.92 Å². The van der Waals surface area contributed by atoms with Crippen LogP contribution in [0.5, 0.6) is 0 Å². The number of carbonyl (C=O) groups is 1. The summed E-state index contributed by atoms with van der Waals surface area (Å²) in [5.41, 5.74) is -0.717. The predicted molar refractivity (Wildman–Crippen MR) is 56.9 cm³/mol. The Balaban J connectivity index is 1.84. The molecule has 1 N–H and O–H groups in total. The van der Waals surface area contributed by atoms with Gasteiger partial charge in [-0.2, -0.15) is 0 Å². The van der Waals surface area contributed by atoms with Crippen molar-refractivity contribution in [3.63, 3.8) is 0 Å². The lowest BCUT2D eigenvalue weighted by Crippen LogP contribution is -2.68. The first kappa shape index (κ1) is 11.8. The fraction of sp³-hybridized carbons (Fsp3) is 0.909. The van der Waals surface area contributed by atoms with E-state index >= 15 is 0 Å². The number of rotatable bonds is 2. The van der Waals surface area contributed by atoms with Crippen LogP contribution < -0.4 is 0 Å². The zero-order chi connectivity index (χ0) is 11.8. The number of nitrogens with zero attached hydrogens (tertiary/aromatic N) is 1. The van der Waals surface area contributed by atoms with Gasteiger partial charge < -0.3 is 19.5 Å². The molecule has 0 aliphatic carbocycles.